The summed E-state index contributed by atoms with van der Waals surface area (Å²) in [6, 6.07) is 50.3. The molecule has 0 amide bonds. The first-order chi connectivity index (χ1) is 24.4. The van der Waals surface area contributed by atoms with Crippen LogP contribution in [0.2, 0.25) is 0 Å². The molecule has 0 radical (unpaired) electrons. The van der Waals surface area contributed by atoms with Gasteiger partial charge in [-0.15, -0.1) is 0 Å². The minimum absolute atomic E-state index is 0.0617. The Hall–Kier alpha value is -6.19. The molecule has 0 unspecified atom stereocenters. The molecule has 3 heteroatoms. The maximum absolute atomic E-state index is 4.72. The Morgan fingerprint density at radius 1 is 0.400 bits per heavy atom. The number of hydrogen-bond acceptors (Lipinski definition) is 3. The first-order valence-electron chi connectivity index (χ1n) is 17.2. The number of benzene rings is 6. The average Bonchev–Trinajstić information content (AvgIpc) is 3.17. The Bertz CT molecular complexity index is 2600. The summed E-state index contributed by atoms with van der Waals surface area (Å²) in [5.74, 6) is 0. The molecular formula is C47H35N3. The van der Waals surface area contributed by atoms with Crippen LogP contribution < -0.4 is 0 Å². The Balaban J connectivity index is 1.20. The van der Waals surface area contributed by atoms with Gasteiger partial charge in [-0.25, -0.2) is 0 Å². The lowest BCUT2D eigenvalue weighted by atomic mass is 9.81. The minimum Gasteiger partial charge on any atom is -0.256 e. The second-order valence-corrected chi connectivity index (χ2v) is 14.1. The highest BCUT2D eigenvalue weighted by Crippen LogP contribution is 2.45. The predicted molar refractivity (Wildman–Crippen MR) is 209 cm³/mol. The first kappa shape index (κ1) is 29.9. The van der Waals surface area contributed by atoms with E-state index in [4.69, 9.17) is 4.98 Å². The van der Waals surface area contributed by atoms with E-state index >= 15 is 0 Å². The molecule has 3 heterocycles. The second kappa shape index (κ2) is 11.7. The van der Waals surface area contributed by atoms with Crippen LogP contribution in [0.25, 0.3) is 88.3 Å². The molecule has 9 rings (SSSR count). The summed E-state index contributed by atoms with van der Waals surface area (Å²) < 4.78 is 0. The lowest BCUT2D eigenvalue weighted by Crippen LogP contribution is -2.10. The molecule has 0 atom stereocenters. The summed E-state index contributed by atoms with van der Waals surface area (Å²) >= 11 is 0. The van der Waals surface area contributed by atoms with E-state index in [9.17, 15) is 0 Å². The summed E-state index contributed by atoms with van der Waals surface area (Å²) in [5.41, 5.74) is 12.3. The zero-order chi connectivity index (χ0) is 33.8. The Labute approximate surface area is 292 Å². The van der Waals surface area contributed by atoms with Crippen molar-refractivity contribution in [1.82, 2.24) is 15.0 Å². The van der Waals surface area contributed by atoms with Crippen molar-refractivity contribution in [3.8, 4) is 56.0 Å². The van der Waals surface area contributed by atoms with Gasteiger partial charge < -0.3 is 0 Å². The molecule has 3 nitrogen and oxygen atoms in total. The van der Waals surface area contributed by atoms with E-state index in [2.05, 4.69) is 134 Å². The molecule has 238 valence electrons. The van der Waals surface area contributed by atoms with Gasteiger partial charge in [0.05, 0.1) is 17.1 Å². The van der Waals surface area contributed by atoms with Crippen molar-refractivity contribution in [1.29, 1.82) is 0 Å². The molecule has 3 aromatic heterocycles. The SMILES string of the molecule is CC(C)(C)c1cc2ccc3c(-c4ccc(-c5ccc(-c6ccccn6)nc5)cc4)cc(-c4ccc(-c5ccccn5)cc4)c4ccc(c1)c2c34. The molecule has 50 heavy (non-hydrogen) atoms. The summed E-state index contributed by atoms with van der Waals surface area (Å²) in [6.45, 7) is 6.87. The molecule has 0 aliphatic carbocycles. The number of nitrogens with zero attached hydrogens (tertiary/aromatic N) is 3. The molecule has 0 fully saturated rings. The molecule has 6 aromatic carbocycles. The van der Waals surface area contributed by atoms with Gasteiger partial charge in [-0.1, -0.05) is 124 Å². The zero-order valence-electron chi connectivity index (χ0n) is 28.4. The van der Waals surface area contributed by atoms with E-state index in [0.29, 0.717) is 0 Å². The van der Waals surface area contributed by atoms with Crippen LogP contribution in [0.3, 0.4) is 0 Å². The van der Waals surface area contributed by atoms with Crippen molar-refractivity contribution in [2.24, 2.45) is 0 Å². The number of rotatable bonds is 5. The number of hydrogen-bond donors (Lipinski definition) is 0. The molecule has 0 aliphatic rings. The van der Waals surface area contributed by atoms with Gasteiger partial charge >= 0.3 is 0 Å². The first-order valence-corrected chi connectivity index (χ1v) is 17.2. The molecule has 0 saturated carbocycles. The van der Waals surface area contributed by atoms with Crippen molar-refractivity contribution >= 4 is 32.3 Å². The lowest BCUT2D eigenvalue weighted by Gasteiger charge is -2.23. The highest BCUT2D eigenvalue weighted by atomic mass is 14.8. The quantitative estimate of drug-likeness (QED) is 0.176. The van der Waals surface area contributed by atoms with Gasteiger partial charge in [0.1, 0.15) is 0 Å². The number of pyridine rings is 3. The molecular weight excluding hydrogens is 607 g/mol. The highest BCUT2D eigenvalue weighted by molar-refractivity contribution is 6.28. The fourth-order valence-electron chi connectivity index (χ4n) is 7.25. The third-order valence-electron chi connectivity index (χ3n) is 9.96. The molecule has 0 bridgehead atoms. The molecule has 0 saturated heterocycles. The monoisotopic (exact) mass is 641 g/mol. The van der Waals surface area contributed by atoms with E-state index in [1.54, 1.807) is 6.20 Å². The van der Waals surface area contributed by atoms with E-state index in [0.717, 1.165) is 33.8 Å². The van der Waals surface area contributed by atoms with Crippen LogP contribution in [0.4, 0.5) is 0 Å². The van der Waals surface area contributed by atoms with Crippen molar-refractivity contribution in [3.63, 3.8) is 0 Å². The summed E-state index contributed by atoms with van der Waals surface area (Å²) in [5, 5.41) is 7.76. The highest BCUT2D eigenvalue weighted by Gasteiger charge is 2.20. The van der Waals surface area contributed by atoms with Gasteiger partial charge in [0.25, 0.3) is 0 Å². The van der Waals surface area contributed by atoms with Crippen LogP contribution in [-0.2, 0) is 5.41 Å². The standard InChI is InChI=1S/C47H35N3/c1-47(2,3)37-26-34-18-21-38-40(31-12-10-30(11-13-31)36-20-23-44(50-29-36)43-9-5-7-25-49-43)28-41(39-22-19-35(27-37)45(34)46(38)39)32-14-16-33(17-15-32)42-8-4-6-24-48-42/h4-29H,1-3H3. The zero-order valence-corrected chi connectivity index (χ0v) is 28.4. The van der Waals surface area contributed by atoms with Gasteiger partial charge in [0.15, 0.2) is 0 Å². The maximum Gasteiger partial charge on any atom is 0.0886 e. The van der Waals surface area contributed by atoms with Gasteiger partial charge in [0, 0.05) is 29.7 Å². The fraction of sp³-hybridized carbons (Fsp3) is 0.0851. The topological polar surface area (TPSA) is 38.7 Å². The van der Waals surface area contributed by atoms with Crippen LogP contribution in [0.5, 0.6) is 0 Å². The largest absolute Gasteiger partial charge is 0.256 e. The Morgan fingerprint density at radius 3 is 1.44 bits per heavy atom. The predicted octanol–water partition coefficient (Wildman–Crippen LogP) is 12.4. The van der Waals surface area contributed by atoms with Crippen molar-refractivity contribution in [2.45, 2.75) is 26.2 Å². The number of aromatic nitrogens is 3. The third kappa shape index (κ3) is 5.19. The van der Waals surface area contributed by atoms with Crippen LogP contribution >= 0.6 is 0 Å². The van der Waals surface area contributed by atoms with Gasteiger partial charge in [-0.05, 0) is 108 Å². The minimum atomic E-state index is 0.0617. The molecule has 9 aromatic rings. The maximum atomic E-state index is 4.72. The van der Waals surface area contributed by atoms with E-state index < -0.39 is 0 Å². The van der Waals surface area contributed by atoms with Crippen LogP contribution in [-0.4, -0.2) is 15.0 Å². The normalized spacial score (nSPS) is 11.9. The summed E-state index contributed by atoms with van der Waals surface area (Å²) in [6.07, 6.45) is 5.59. The van der Waals surface area contributed by atoms with Crippen molar-refractivity contribution in [3.05, 3.63) is 164 Å². The van der Waals surface area contributed by atoms with Crippen molar-refractivity contribution in [2.75, 3.05) is 0 Å². The van der Waals surface area contributed by atoms with Crippen LogP contribution in [0.15, 0.2) is 158 Å². The Kier molecular flexibility index (Phi) is 7.03. The third-order valence-corrected chi connectivity index (χ3v) is 9.96. The molecule has 0 aliphatic heterocycles. The van der Waals surface area contributed by atoms with E-state index in [-0.39, 0.29) is 5.41 Å². The van der Waals surface area contributed by atoms with Crippen LogP contribution in [0, 0.1) is 0 Å². The van der Waals surface area contributed by atoms with Gasteiger partial charge in [-0.3, -0.25) is 15.0 Å². The lowest BCUT2D eigenvalue weighted by molar-refractivity contribution is 0.591. The molecule has 0 N–H and O–H groups in total. The van der Waals surface area contributed by atoms with Gasteiger partial charge in [0.2, 0.25) is 0 Å². The Morgan fingerprint density at radius 2 is 0.920 bits per heavy atom. The van der Waals surface area contributed by atoms with E-state index in [1.807, 2.05) is 48.8 Å². The smallest absolute Gasteiger partial charge is 0.0886 e. The van der Waals surface area contributed by atoms with Crippen LogP contribution in [0.1, 0.15) is 26.3 Å². The van der Waals surface area contributed by atoms with E-state index in [1.165, 1.54) is 60.1 Å². The van der Waals surface area contributed by atoms with Gasteiger partial charge in [-0.2, -0.15) is 0 Å². The summed E-state index contributed by atoms with van der Waals surface area (Å²) in [7, 11) is 0. The fourth-order valence-corrected chi connectivity index (χ4v) is 7.25. The summed E-state index contributed by atoms with van der Waals surface area (Å²) in [4.78, 5) is 13.7. The average molecular weight is 642 g/mol. The van der Waals surface area contributed by atoms with Crippen molar-refractivity contribution < 1.29 is 0 Å². The second-order valence-electron chi connectivity index (χ2n) is 14.1. The molecule has 0 spiro atoms.